The minimum absolute atomic E-state index is 0.0112. The van der Waals surface area contributed by atoms with E-state index in [2.05, 4.69) is 42.1 Å². The van der Waals surface area contributed by atoms with Crippen LogP contribution in [0.3, 0.4) is 0 Å². The normalized spacial score (nSPS) is 12.9. The maximum absolute atomic E-state index is 12.3. The molecule has 0 saturated heterocycles. The Morgan fingerprint density at radius 2 is 1.79 bits per heavy atom. The quantitative estimate of drug-likeness (QED) is 0.660. The Bertz CT molecular complexity index is 917. The van der Waals surface area contributed by atoms with Gasteiger partial charge >= 0.3 is 0 Å². The van der Waals surface area contributed by atoms with Gasteiger partial charge in [-0.3, -0.25) is 10.2 Å². The Morgan fingerprint density at radius 1 is 1.04 bits per heavy atom. The molecule has 0 unspecified atom stereocenters. The number of fused-ring (bicyclic) bond motifs is 1. The Kier molecular flexibility index (Phi) is 4.81. The van der Waals surface area contributed by atoms with E-state index in [4.69, 9.17) is 9.47 Å². The molecule has 126 valence electrons. The van der Waals surface area contributed by atoms with Crippen molar-refractivity contribution < 1.29 is 22.7 Å². The van der Waals surface area contributed by atoms with Gasteiger partial charge in [0, 0.05) is 14.5 Å². The molecule has 1 aliphatic heterocycles. The summed E-state index contributed by atoms with van der Waals surface area (Å²) < 4.78 is 35.9. The van der Waals surface area contributed by atoms with Crippen molar-refractivity contribution in [3.8, 4) is 11.5 Å². The second-order valence-electron chi connectivity index (χ2n) is 4.70. The van der Waals surface area contributed by atoms with Crippen LogP contribution in [-0.4, -0.2) is 21.1 Å². The van der Waals surface area contributed by atoms with Gasteiger partial charge in [0.15, 0.2) is 11.5 Å². The van der Waals surface area contributed by atoms with Crippen LogP contribution < -0.4 is 19.7 Å². The lowest BCUT2D eigenvalue weighted by atomic mass is 10.2. The Morgan fingerprint density at radius 3 is 2.58 bits per heavy atom. The first-order valence-electron chi connectivity index (χ1n) is 6.54. The van der Waals surface area contributed by atoms with Crippen LogP contribution in [0.2, 0.25) is 0 Å². The third kappa shape index (κ3) is 3.56. The number of amides is 1. The number of hydrogen-bond acceptors (Lipinski definition) is 5. The molecule has 7 nitrogen and oxygen atoms in total. The zero-order chi connectivity index (χ0) is 17.3. The van der Waals surface area contributed by atoms with Crippen molar-refractivity contribution in [1.29, 1.82) is 0 Å². The minimum atomic E-state index is -3.94. The molecule has 0 radical (unpaired) electrons. The number of hydrazine groups is 1. The summed E-state index contributed by atoms with van der Waals surface area (Å²) in [5.41, 5.74) is 2.40. The van der Waals surface area contributed by atoms with Crippen molar-refractivity contribution in [2.24, 2.45) is 0 Å². The van der Waals surface area contributed by atoms with E-state index in [1.807, 2.05) is 0 Å². The summed E-state index contributed by atoms with van der Waals surface area (Å²) in [6.45, 7) is 0.0872. The molecule has 1 amide bonds. The summed E-state index contributed by atoms with van der Waals surface area (Å²) in [6.07, 6.45) is 0. The first-order valence-corrected chi connectivity index (χ1v) is 9.60. The topological polar surface area (TPSA) is 93.7 Å². The van der Waals surface area contributed by atoms with Crippen molar-refractivity contribution in [2.75, 3.05) is 6.79 Å². The fraction of sp³-hybridized carbons (Fsp3) is 0.0714. The third-order valence-electron chi connectivity index (χ3n) is 3.12. The number of carbonyl (C=O) groups is 1. The Hall–Kier alpha value is -1.62. The van der Waals surface area contributed by atoms with E-state index >= 15 is 0 Å². The first kappa shape index (κ1) is 17.2. The highest BCUT2D eigenvalue weighted by Gasteiger charge is 2.20. The van der Waals surface area contributed by atoms with Crippen molar-refractivity contribution in [1.82, 2.24) is 10.3 Å². The molecule has 2 N–H and O–H groups in total. The number of benzene rings is 2. The molecular formula is C14H10Br2N2O5S. The summed E-state index contributed by atoms with van der Waals surface area (Å²) >= 11 is 6.38. The SMILES string of the molecule is O=C(NNS(=O)(=O)c1cc(Br)ccc1Br)c1ccc2c(c1)OCO2. The predicted octanol–water partition coefficient (Wildman–Crippen LogP) is 2.56. The Balaban J connectivity index is 1.75. The molecule has 10 heteroatoms. The molecule has 2 aromatic carbocycles. The van der Waals surface area contributed by atoms with Gasteiger partial charge in [0.1, 0.15) is 0 Å². The van der Waals surface area contributed by atoms with Gasteiger partial charge in [0.25, 0.3) is 15.9 Å². The van der Waals surface area contributed by atoms with E-state index in [1.54, 1.807) is 18.2 Å². The van der Waals surface area contributed by atoms with E-state index in [9.17, 15) is 13.2 Å². The smallest absolute Gasteiger partial charge is 0.266 e. The van der Waals surface area contributed by atoms with E-state index in [1.165, 1.54) is 18.2 Å². The van der Waals surface area contributed by atoms with Crippen LogP contribution in [0.5, 0.6) is 11.5 Å². The molecule has 1 aliphatic rings. The van der Waals surface area contributed by atoms with Crippen LogP contribution in [0, 0.1) is 0 Å². The molecule has 0 saturated carbocycles. The van der Waals surface area contributed by atoms with E-state index in [-0.39, 0.29) is 17.3 Å². The molecule has 0 fully saturated rings. The molecule has 0 aromatic heterocycles. The first-order chi connectivity index (χ1) is 11.4. The van der Waals surface area contributed by atoms with Gasteiger partial charge in [-0.2, -0.15) is 0 Å². The highest BCUT2D eigenvalue weighted by molar-refractivity contribution is 9.11. The van der Waals surface area contributed by atoms with Crippen LogP contribution in [0.1, 0.15) is 10.4 Å². The molecule has 0 aliphatic carbocycles. The average Bonchev–Trinajstić information content (AvgIpc) is 3.02. The molecular weight excluding hydrogens is 468 g/mol. The lowest BCUT2D eigenvalue weighted by molar-refractivity contribution is 0.0944. The maximum atomic E-state index is 12.3. The lowest BCUT2D eigenvalue weighted by Crippen LogP contribution is -2.41. The summed E-state index contributed by atoms with van der Waals surface area (Å²) in [6, 6.07) is 9.25. The minimum Gasteiger partial charge on any atom is -0.454 e. The van der Waals surface area contributed by atoms with Crippen molar-refractivity contribution in [3.63, 3.8) is 0 Å². The van der Waals surface area contributed by atoms with Crippen molar-refractivity contribution >= 4 is 47.8 Å². The van der Waals surface area contributed by atoms with Crippen molar-refractivity contribution in [3.05, 3.63) is 50.9 Å². The fourth-order valence-corrected chi connectivity index (χ4v) is 4.30. The molecule has 3 rings (SSSR count). The van der Waals surface area contributed by atoms with Gasteiger partial charge < -0.3 is 9.47 Å². The zero-order valence-corrected chi connectivity index (χ0v) is 15.9. The standard InChI is InChI=1S/C14H10Br2N2O5S/c15-9-2-3-10(16)13(6-9)24(20,21)18-17-14(19)8-1-4-11-12(5-8)23-7-22-11/h1-6,18H,7H2,(H,17,19). The summed E-state index contributed by atoms with van der Waals surface area (Å²) in [5.74, 6) is 0.341. The van der Waals surface area contributed by atoms with Crippen LogP contribution >= 0.6 is 31.9 Å². The van der Waals surface area contributed by atoms with Gasteiger partial charge in [-0.25, -0.2) is 8.42 Å². The summed E-state index contributed by atoms with van der Waals surface area (Å²) in [4.78, 5) is 14.2. The Labute approximate surface area is 154 Å². The van der Waals surface area contributed by atoms with Crippen LogP contribution in [-0.2, 0) is 10.0 Å². The van der Waals surface area contributed by atoms with Crippen LogP contribution in [0.25, 0.3) is 0 Å². The molecule has 24 heavy (non-hydrogen) atoms. The monoisotopic (exact) mass is 476 g/mol. The molecule has 2 aromatic rings. The number of rotatable bonds is 4. The van der Waals surface area contributed by atoms with E-state index < -0.39 is 15.9 Å². The van der Waals surface area contributed by atoms with Gasteiger partial charge in [-0.05, 0) is 52.3 Å². The highest BCUT2D eigenvalue weighted by atomic mass is 79.9. The summed E-state index contributed by atoms with van der Waals surface area (Å²) in [5, 5.41) is 0. The fourth-order valence-electron chi connectivity index (χ4n) is 1.96. The largest absolute Gasteiger partial charge is 0.454 e. The predicted molar refractivity (Wildman–Crippen MR) is 92.2 cm³/mol. The summed E-state index contributed by atoms with van der Waals surface area (Å²) in [7, 11) is -3.94. The highest BCUT2D eigenvalue weighted by Crippen LogP contribution is 2.32. The molecule has 0 bridgehead atoms. The van der Waals surface area contributed by atoms with Crippen LogP contribution in [0.4, 0.5) is 0 Å². The number of halogens is 2. The van der Waals surface area contributed by atoms with Crippen LogP contribution in [0.15, 0.2) is 50.2 Å². The zero-order valence-electron chi connectivity index (χ0n) is 11.9. The van der Waals surface area contributed by atoms with Gasteiger partial charge in [0.2, 0.25) is 6.79 Å². The second kappa shape index (κ2) is 6.71. The van der Waals surface area contributed by atoms with Gasteiger partial charge in [-0.15, -0.1) is 4.83 Å². The number of carbonyl (C=O) groups excluding carboxylic acids is 1. The number of ether oxygens (including phenoxy) is 2. The number of hydrogen-bond donors (Lipinski definition) is 2. The van der Waals surface area contributed by atoms with Gasteiger partial charge in [0.05, 0.1) is 4.90 Å². The number of nitrogens with one attached hydrogen (secondary N) is 2. The molecule has 0 spiro atoms. The van der Waals surface area contributed by atoms with E-state index in [0.29, 0.717) is 20.4 Å². The molecule has 1 heterocycles. The second-order valence-corrected chi connectivity index (χ2v) is 8.12. The van der Waals surface area contributed by atoms with Gasteiger partial charge in [-0.1, -0.05) is 15.9 Å². The maximum Gasteiger partial charge on any atom is 0.266 e. The number of sulfonamides is 1. The lowest BCUT2D eigenvalue weighted by Gasteiger charge is -2.10. The average molecular weight is 478 g/mol. The third-order valence-corrected chi connectivity index (χ3v) is 5.85. The molecule has 0 atom stereocenters. The van der Waals surface area contributed by atoms with Crippen molar-refractivity contribution in [2.45, 2.75) is 4.90 Å². The van der Waals surface area contributed by atoms with E-state index in [0.717, 1.165) is 0 Å².